The number of rotatable bonds is 6. The molecule has 4 N–H and O–H groups in total. The normalized spacial score (nSPS) is 10.6. The van der Waals surface area contributed by atoms with Gasteiger partial charge in [-0.05, 0) is 29.3 Å². The first-order valence-corrected chi connectivity index (χ1v) is 10.1. The Kier molecular flexibility index (Phi) is 6.14. The molecule has 4 aromatic rings. The van der Waals surface area contributed by atoms with Gasteiger partial charge in [0.05, 0.1) is 6.54 Å². The average molecular weight is 433 g/mol. The Morgan fingerprint density at radius 3 is 2.45 bits per heavy atom. The summed E-state index contributed by atoms with van der Waals surface area (Å²) in [5.74, 6) is 0.366. The number of pyridine rings is 1. The van der Waals surface area contributed by atoms with Crippen LogP contribution in [0.4, 0.5) is 16.3 Å². The second kappa shape index (κ2) is 9.32. The lowest BCUT2D eigenvalue weighted by Gasteiger charge is -2.09. The van der Waals surface area contributed by atoms with Crippen molar-refractivity contribution in [2.45, 2.75) is 13.1 Å². The van der Waals surface area contributed by atoms with Crippen LogP contribution in [0.1, 0.15) is 11.1 Å². The number of nitrogen functional groups attached to an aromatic ring is 1. The molecule has 0 fully saturated rings. The summed E-state index contributed by atoms with van der Waals surface area (Å²) in [6, 6.07) is 20.4. The number of halogens is 1. The summed E-state index contributed by atoms with van der Waals surface area (Å²) < 4.78 is 1.68. The number of anilines is 2. The van der Waals surface area contributed by atoms with Gasteiger partial charge in [0.15, 0.2) is 0 Å². The van der Waals surface area contributed by atoms with Gasteiger partial charge < -0.3 is 16.4 Å². The molecule has 0 saturated heterocycles. The summed E-state index contributed by atoms with van der Waals surface area (Å²) in [5.41, 5.74) is 10.2. The number of nitrogens with zero attached hydrogens (tertiary/aromatic N) is 3. The minimum absolute atomic E-state index is 0.341. The number of hydrogen-bond donors (Lipinski definition) is 3. The highest BCUT2D eigenvalue weighted by Gasteiger charge is 2.19. The molecule has 156 valence electrons. The molecule has 2 heterocycles. The zero-order chi connectivity index (χ0) is 21.6. The standard InChI is InChI=1S/C23H21ClN6O/c24-19-10-8-18(9-11-19)20-21(28-23(31)27-14-17-7-4-12-26-13-17)22(25)30(29-20)15-16-5-2-1-3-6-16/h1-13H,14-15,25H2,(H2,27,28,31). The van der Waals surface area contributed by atoms with Crippen molar-refractivity contribution in [3.8, 4) is 11.3 Å². The molecular weight excluding hydrogens is 412 g/mol. The van der Waals surface area contributed by atoms with Crippen LogP contribution >= 0.6 is 11.6 Å². The molecule has 7 nitrogen and oxygen atoms in total. The van der Waals surface area contributed by atoms with E-state index in [0.717, 1.165) is 16.7 Å². The lowest BCUT2D eigenvalue weighted by molar-refractivity contribution is 0.251. The molecule has 0 atom stereocenters. The number of urea groups is 1. The molecule has 4 rings (SSSR count). The van der Waals surface area contributed by atoms with E-state index in [9.17, 15) is 4.79 Å². The molecule has 31 heavy (non-hydrogen) atoms. The van der Waals surface area contributed by atoms with Gasteiger partial charge in [-0.15, -0.1) is 0 Å². The van der Waals surface area contributed by atoms with Gasteiger partial charge >= 0.3 is 6.03 Å². The molecule has 2 aromatic carbocycles. The van der Waals surface area contributed by atoms with E-state index in [-0.39, 0.29) is 6.03 Å². The summed E-state index contributed by atoms with van der Waals surface area (Å²) in [6.07, 6.45) is 3.38. The third-order valence-corrected chi connectivity index (χ3v) is 4.95. The predicted molar refractivity (Wildman–Crippen MR) is 123 cm³/mol. The van der Waals surface area contributed by atoms with Crippen molar-refractivity contribution < 1.29 is 4.79 Å². The molecule has 0 radical (unpaired) electrons. The Hall–Kier alpha value is -3.84. The molecule has 0 aliphatic heterocycles. The average Bonchev–Trinajstić information content (AvgIpc) is 3.09. The number of benzene rings is 2. The maximum absolute atomic E-state index is 12.6. The number of hydrogen-bond acceptors (Lipinski definition) is 4. The lowest BCUT2D eigenvalue weighted by atomic mass is 10.1. The van der Waals surface area contributed by atoms with Crippen LogP contribution in [0.5, 0.6) is 0 Å². The van der Waals surface area contributed by atoms with Gasteiger partial charge in [-0.1, -0.05) is 60.1 Å². The summed E-state index contributed by atoms with van der Waals surface area (Å²) in [6.45, 7) is 0.820. The molecule has 0 unspecified atom stereocenters. The number of carbonyl (C=O) groups excluding carboxylic acids is 1. The summed E-state index contributed by atoms with van der Waals surface area (Å²) in [7, 11) is 0. The van der Waals surface area contributed by atoms with Crippen molar-refractivity contribution in [1.29, 1.82) is 0 Å². The summed E-state index contributed by atoms with van der Waals surface area (Å²) in [5, 5.41) is 11.0. The Labute approximate surface area is 184 Å². The van der Waals surface area contributed by atoms with Gasteiger partial charge in [-0.2, -0.15) is 5.10 Å². The molecule has 0 spiro atoms. The number of carbonyl (C=O) groups is 1. The smallest absolute Gasteiger partial charge is 0.319 e. The van der Waals surface area contributed by atoms with E-state index < -0.39 is 0 Å². The van der Waals surface area contributed by atoms with Crippen LogP contribution in [0.15, 0.2) is 79.1 Å². The minimum Gasteiger partial charge on any atom is -0.382 e. The van der Waals surface area contributed by atoms with Crippen LogP contribution in [0.2, 0.25) is 5.02 Å². The first-order chi connectivity index (χ1) is 15.1. The molecule has 0 saturated carbocycles. The molecule has 8 heteroatoms. The summed E-state index contributed by atoms with van der Waals surface area (Å²) in [4.78, 5) is 16.6. The molecular formula is C23H21ClN6O. The van der Waals surface area contributed by atoms with Crippen LogP contribution in [-0.2, 0) is 13.1 Å². The van der Waals surface area contributed by atoms with Gasteiger partial charge in [0, 0.05) is 29.5 Å². The molecule has 0 aliphatic carbocycles. The van der Waals surface area contributed by atoms with E-state index in [1.165, 1.54) is 0 Å². The Morgan fingerprint density at radius 2 is 1.74 bits per heavy atom. The maximum atomic E-state index is 12.6. The minimum atomic E-state index is -0.384. The third-order valence-electron chi connectivity index (χ3n) is 4.70. The fraction of sp³-hybridized carbons (Fsp3) is 0.0870. The van der Waals surface area contributed by atoms with Crippen molar-refractivity contribution >= 4 is 29.1 Å². The highest BCUT2D eigenvalue weighted by Crippen LogP contribution is 2.33. The largest absolute Gasteiger partial charge is 0.382 e. The maximum Gasteiger partial charge on any atom is 0.319 e. The lowest BCUT2D eigenvalue weighted by Crippen LogP contribution is -2.28. The second-order valence-electron chi connectivity index (χ2n) is 6.93. The molecule has 2 aromatic heterocycles. The zero-order valence-electron chi connectivity index (χ0n) is 16.6. The fourth-order valence-electron chi connectivity index (χ4n) is 3.13. The zero-order valence-corrected chi connectivity index (χ0v) is 17.4. The van der Waals surface area contributed by atoms with Gasteiger partial charge in [-0.25, -0.2) is 9.48 Å². The van der Waals surface area contributed by atoms with Crippen molar-refractivity contribution in [3.05, 3.63) is 95.3 Å². The number of nitrogens with one attached hydrogen (secondary N) is 2. The Bertz CT molecular complexity index is 1160. The van der Waals surface area contributed by atoms with E-state index in [4.69, 9.17) is 17.3 Å². The molecule has 0 bridgehead atoms. The second-order valence-corrected chi connectivity index (χ2v) is 7.36. The van der Waals surface area contributed by atoms with E-state index in [2.05, 4.69) is 20.7 Å². The predicted octanol–water partition coefficient (Wildman–Crippen LogP) is 4.55. The van der Waals surface area contributed by atoms with Crippen molar-refractivity contribution in [1.82, 2.24) is 20.1 Å². The van der Waals surface area contributed by atoms with Gasteiger partial charge in [0.25, 0.3) is 0 Å². The fourth-order valence-corrected chi connectivity index (χ4v) is 3.25. The number of nitrogens with two attached hydrogens (primary N) is 1. The number of amides is 2. The highest BCUT2D eigenvalue weighted by molar-refractivity contribution is 6.30. The first kappa shape index (κ1) is 20.4. The highest BCUT2D eigenvalue weighted by atomic mass is 35.5. The van der Waals surface area contributed by atoms with Crippen LogP contribution in [0.3, 0.4) is 0 Å². The van der Waals surface area contributed by atoms with Gasteiger partial charge in [0.2, 0.25) is 0 Å². The van der Waals surface area contributed by atoms with E-state index in [1.807, 2.05) is 54.6 Å². The van der Waals surface area contributed by atoms with Crippen LogP contribution in [-0.4, -0.2) is 20.8 Å². The first-order valence-electron chi connectivity index (χ1n) is 9.70. The SMILES string of the molecule is Nc1c(NC(=O)NCc2cccnc2)c(-c2ccc(Cl)cc2)nn1Cc1ccccc1. The van der Waals surface area contributed by atoms with Crippen LogP contribution < -0.4 is 16.4 Å². The van der Waals surface area contributed by atoms with Crippen molar-refractivity contribution in [2.24, 2.45) is 0 Å². The quantitative estimate of drug-likeness (QED) is 0.416. The molecule has 0 aliphatic rings. The Morgan fingerprint density at radius 1 is 1.00 bits per heavy atom. The third kappa shape index (κ3) is 5.02. The van der Waals surface area contributed by atoms with Gasteiger partial charge in [0.1, 0.15) is 17.2 Å². The van der Waals surface area contributed by atoms with Crippen molar-refractivity contribution in [2.75, 3.05) is 11.1 Å². The van der Waals surface area contributed by atoms with E-state index in [0.29, 0.717) is 35.3 Å². The number of aromatic nitrogens is 3. The summed E-state index contributed by atoms with van der Waals surface area (Å²) >= 11 is 6.03. The van der Waals surface area contributed by atoms with E-state index >= 15 is 0 Å². The van der Waals surface area contributed by atoms with Crippen molar-refractivity contribution in [3.63, 3.8) is 0 Å². The Balaban J connectivity index is 1.60. The van der Waals surface area contributed by atoms with E-state index in [1.54, 1.807) is 29.2 Å². The molecule has 2 amide bonds. The van der Waals surface area contributed by atoms with Crippen LogP contribution in [0, 0.1) is 0 Å². The topological polar surface area (TPSA) is 97.9 Å². The van der Waals surface area contributed by atoms with Gasteiger partial charge in [-0.3, -0.25) is 4.98 Å². The monoisotopic (exact) mass is 432 g/mol. The van der Waals surface area contributed by atoms with Crippen LogP contribution in [0.25, 0.3) is 11.3 Å².